The van der Waals surface area contributed by atoms with E-state index in [1.54, 1.807) is 36.4 Å². The molecule has 0 aliphatic carbocycles. The molecule has 1 aromatic heterocycles. The van der Waals surface area contributed by atoms with Crippen LogP contribution < -0.4 is 10.3 Å². The van der Waals surface area contributed by atoms with Crippen molar-refractivity contribution in [3.8, 4) is 11.3 Å². The summed E-state index contributed by atoms with van der Waals surface area (Å²) in [5.74, 6) is 0.452. The fraction of sp³-hybridized carbons (Fsp3) is 0.208. The zero-order valence-electron chi connectivity index (χ0n) is 17.2. The second-order valence-corrected chi connectivity index (χ2v) is 7.21. The van der Waals surface area contributed by atoms with Gasteiger partial charge in [-0.15, -0.1) is 0 Å². The third kappa shape index (κ3) is 4.83. The van der Waals surface area contributed by atoms with Crippen LogP contribution in [0.2, 0.25) is 0 Å². The number of carbonyl (C=O) groups excluding carboxylic acids is 2. The Kier molecular flexibility index (Phi) is 6.12. The van der Waals surface area contributed by atoms with Gasteiger partial charge in [-0.25, -0.2) is 10.2 Å². The molecule has 1 saturated heterocycles. The van der Waals surface area contributed by atoms with Gasteiger partial charge >= 0.3 is 5.97 Å². The average Bonchev–Trinajstić information content (AvgIpc) is 3.51. The molecule has 31 heavy (non-hydrogen) atoms. The Labute approximate surface area is 180 Å². The minimum absolute atomic E-state index is 0.283. The van der Waals surface area contributed by atoms with Gasteiger partial charge in [-0.05, 0) is 61.4 Å². The Morgan fingerprint density at radius 2 is 1.65 bits per heavy atom. The van der Waals surface area contributed by atoms with E-state index in [0.29, 0.717) is 22.6 Å². The molecule has 7 nitrogen and oxygen atoms in total. The summed E-state index contributed by atoms with van der Waals surface area (Å²) in [6.45, 7) is 2.13. The van der Waals surface area contributed by atoms with Gasteiger partial charge in [-0.1, -0.05) is 12.1 Å². The summed E-state index contributed by atoms with van der Waals surface area (Å²) >= 11 is 0. The quantitative estimate of drug-likeness (QED) is 0.371. The SMILES string of the molecule is COC(=O)c1ccc(-c2ccc(/C=N\NC(=O)c3ccc(N4CCCC4)cc3)o2)cc1. The molecular weight excluding hydrogens is 394 g/mol. The highest BCUT2D eigenvalue weighted by molar-refractivity contribution is 5.95. The van der Waals surface area contributed by atoms with Crippen molar-refractivity contribution in [3.63, 3.8) is 0 Å². The molecule has 2 aromatic carbocycles. The van der Waals surface area contributed by atoms with Gasteiger partial charge < -0.3 is 14.1 Å². The highest BCUT2D eigenvalue weighted by atomic mass is 16.5. The van der Waals surface area contributed by atoms with Crippen molar-refractivity contribution in [2.45, 2.75) is 12.8 Å². The number of hydrogen-bond donors (Lipinski definition) is 1. The third-order valence-corrected chi connectivity index (χ3v) is 5.18. The zero-order valence-corrected chi connectivity index (χ0v) is 17.2. The van der Waals surface area contributed by atoms with Gasteiger partial charge in [-0.3, -0.25) is 4.79 Å². The Morgan fingerprint density at radius 1 is 0.968 bits per heavy atom. The number of nitrogens with one attached hydrogen (secondary N) is 1. The largest absolute Gasteiger partial charge is 0.465 e. The maximum Gasteiger partial charge on any atom is 0.337 e. The molecule has 0 bridgehead atoms. The summed E-state index contributed by atoms with van der Waals surface area (Å²) < 4.78 is 10.4. The lowest BCUT2D eigenvalue weighted by atomic mass is 10.1. The minimum atomic E-state index is -0.389. The molecule has 0 atom stereocenters. The number of methoxy groups -OCH3 is 1. The maximum absolute atomic E-state index is 12.3. The van der Waals surface area contributed by atoms with Crippen LogP contribution in [0.5, 0.6) is 0 Å². The second-order valence-electron chi connectivity index (χ2n) is 7.21. The van der Waals surface area contributed by atoms with E-state index in [2.05, 4.69) is 15.4 Å². The molecule has 0 spiro atoms. The first-order valence-electron chi connectivity index (χ1n) is 10.1. The van der Waals surface area contributed by atoms with Gasteiger partial charge in [0.1, 0.15) is 11.5 Å². The number of hydrazone groups is 1. The molecule has 1 N–H and O–H groups in total. The van der Waals surface area contributed by atoms with Crippen LogP contribution in [0.3, 0.4) is 0 Å². The van der Waals surface area contributed by atoms with Crippen LogP contribution in [-0.2, 0) is 4.74 Å². The minimum Gasteiger partial charge on any atom is -0.465 e. The van der Waals surface area contributed by atoms with Gasteiger partial charge in [0.15, 0.2) is 0 Å². The van der Waals surface area contributed by atoms with Crippen molar-refractivity contribution in [1.29, 1.82) is 0 Å². The first kappa shape index (κ1) is 20.4. The Balaban J connectivity index is 1.34. The van der Waals surface area contributed by atoms with Gasteiger partial charge in [0, 0.05) is 29.9 Å². The van der Waals surface area contributed by atoms with E-state index in [0.717, 1.165) is 24.3 Å². The number of ether oxygens (including phenoxy) is 1. The van der Waals surface area contributed by atoms with Crippen molar-refractivity contribution in [1.82, 2.24) is 5.43 Å². The van der Waals surface area contributed by atoms with E-state index < -0.39 is 0 Å². The summed E-state index contributed by atoms with van der Waals surface area (Å²) in [4.78, 5) is 26.1. The first-order valence-corrected chi connectivity index (χ1v) is 10.1. The third-order valence-electron chi connectivity index (χ3n) is 5.18. The van der Waals surface area contributed by atoms with Crippen LogP contribution in [0.25, 0.3) is 11.3 Å². The Morgan fingerprint density at radius 3 is 2.32 bits per heavy atom. The summed E-state index contributed by atoms with van der Waals surface area (Å²) in [5.41, 5.74) is 5.49. The monoisotopic (exact) mass is 417 g/mol. The number of nitrogens with zero attached hydrogens (tertiary/aromatic N) is 2. The number of furan rings is 1. The standard InChI is InChI=1S/C24H23N3O4/c1-30-24(29)19-6-4-17(5-7-19)22-13-12-21(31-22)16-25-26-23(28)18-8-10-20(11-9-18)27-14-2-3-15-27/h4-13,16H,2-3,14-15H2,1H3,(H,26,28)/b25-16-. The topological polar surface area (TPSA) is 84.1 Å². The van der Waals surface area contributed by atoms with E-state index in [1.807, 2.05) is 24.3 Å². The molecule has 4 rings (SSSR count). The molecule has 158 valence electrons. The van der Waals surface area contributed by atoms with Crippen LogP contribution in [0.15, 0.2) is 70.2 Å². The summed E-state index contributed by atoms with van der Waals surface area (Å²) in [5, 5.41) is 3.98. The number of carbonyl (C=O) groups is 2. The maximum atomic E-state index is 12.3. The van der Waals surface area contributed by atoms with Gasteiger partial charge in [0.25, 0.3) is 5.91 Å². The van der Waals surface area contributed by atoms with Gasteiger partial charge in [-0.2, -0.15) is 5.10 Å². The predicted molar refractivity (Wildman–Crippen MR) is 118 cm³/mol. The fourth-order valence-corrected chi connectivity index (χ4v) is 3.48. The molecule has 3 aromatic rings. The molecule has 1 aliphatic heterocycles. The predicted octanol–water partition coefficient (Wildman–Crippen LogP) is 4.10. The summed E-state index contributed by atoms with van der Waals surface area (Å²) in [6.07, 6.45) is 3.87. The van der Waals surface area contributed by atoms with E-state index in [1.165, 1.54) is 26.2 Å². The molecule has 0 radical (unpaired) electrons. The average molecular weight is 417 g/mol. The fourth-order valence-electron chi connectivity index (χ4n) is 3.48. The van der Waals surface area contributed by atoms with E-state index in [4.69, 9.17) is 9.15 Å². The molecule has 7 heteroatoms. The summed E-state index contributed by atoms with van der Waals surface area (Å²) in [7, 11) is 1.34. The van der Waals surface area contributed by atoms with Crippen LogP contribution in [0, 0.1) is 0 Å². The van der Waals surface area contributed by atoms with Crippen LogP contribution in [0.4, 0.5) is 5.69 Å². The second kappa shape index (κ2) is 9.30. The number of anilines is 1. The molecule has 2 heterocycles. The highest BCUT2D eigenvalue weighted by Crippen LogP contribution is 2.22. The lowest BCUT2D eigenvalue weighted by Gasteiger charge is -2.17. The molecule has 0 unspecified atom stereocenters. The zero-order chi connectivity index (χ0) is 21.6. The number of hydrogen-bond acceptors (Lipinski definition) is 6. The van der Waals surface area contributed by atoms with E-state index in [9.17, 15) is 9.59 Å². The van der Waals surface area contributed by atoms with Gasteiger partial charge in [0.2, 0.25) is 0 Å². The first-order chi connectivity index (χ1) is 15.1. The van der Waals surface area contributed by atoms with Gasteiger partial charge in [0.05, 0.1) is 18.9 Å². The number of esters is 1. The molecule has 1 aliphatic rings. The smallest absolute Gasteiger partial charge is 0.337 e. The van der Waals surface area contributed by atoms with Crippen molar-refractivity contribution in [2.75, 3.05) is 25.1 Å². The van der Waals surface area contributed by atoms with Crippen molar-refractivity contribution in [2.24, 2.45) is 5.10 Å². The normalized spacial score (nSPS) is 13.5. The molecule has 1 fully saturated rings. The number of rotatable bonds is 6. The van der Waals surface area contributed by atoms with Crippen LogP contribution >= 0.6 is 0 Å². The summed E-state index contributed by atoms with van der Waals surface area (Å²) in [6, 6.07) is 18.0. The highest BCUT2D eigenvalue weighted by Gasteiger charge is 2.13. The lowest BCUT2D eigenvalue weighted by Crippen LogP contribution is -2.19. The van der Waals surface area contributed by atoms with Crippen molar-refractivity contribution in [3.05, 3.63) is 77.6 Å². The van der Waals surface area contributed by atoms with Crippen molar-refractivity contribution >= 4 is 23.8 Å². The molecule has 1 amide bonds. The Hall–Kier alpha value is -3.87. The number of benzene rings is 2. The lowest BCUT2D eigenvalue weighted by molar-refractivity contribution is 0.0600. The van der Waals surface area contributed by atoms with Crippen LogP contribution in [-0.4, -0.2) is 38.3 Å². The van der Waals surface area contributed by atoms with Crippen molar-refractivity contribution < 1.29 is 18.7 Å². The van der Waals surface area contributed by atoms with E-state index in [-0.39, 0.29) is 11.9 Å². The molecular formula is C24H23N3O4. The van der Waals surface area contributed by atoms with Crippen LogP contribution in [0.1, 0.15) is 39.3 Å². The number of amides is 1. The molecule has 0 saturated carbocycles. The Bertz CT molecular complexity index is 1080. The van der Waals surface area contributed by atoms with E-state index >= 15 is 0 Å².